The zero-order valence-corrected chi connectivity index (χ0v) is 16.5. The molecule has 2 aliphatic heterocycles. The van der Waals surface area contributed by atoms with Gasteiger partial charge in [0.1, 0.15) is 0 Å². The molecule has 0 saturated carbocycles. The van der Waals surface area contributed by atoms with Gasteiger partial charge in [0, 0.05) is 11.8 Å². The molecule has 5 rings (SSSR count). The summed E-state index contributed by atoms with van der Waals surface area (Å²) in [6.07, 6.45) is 0.754. The standard InChI is InChI=1S/C22H22O7/c1-24-15-5-11-4-13-9-27-22(23)20(13)19(14(11)8-16(15)25-2)12-6-17(26-3)21-18(7-12)28-10-29-21/h5-8,13,19-20H,4,9-10H2,1-3H3/t13?,19-,20-/m0/s1. The first-order valence-electron chi connectivity index (χ1n) is 9.53. The average Bonchev–Trinajstić information content (AvgIpc) is 3.37. The number of carbonyl (C=O) groups excluding carboxylic acids is 1. The van der Waals surface area contributed by atoms with Gasteiger partial charge in [-0.1, -0.05) is 0 Å². The zero-order valence-electron chi connectivity index (χ0n) is 16.5. The van der Waals surface area contributed by atoms with Crippen molar-refractivity contribution >= 4 is 5.97 Å². The van der Waals surface area contributed by atoms with E-state index in [0.717, 1.165) is 23.1 Å². The van der Waals surface area contributed by atoms with Crippen molar-refractivity contribution in [1.82, 2.24) is 0 Å². The SMILES string of the molecule is COc1cc2c(cc1OC)[C@H](c1cc(OC)c3c(c1)OCO3)[C@H]1C(=O)OCC1C2. The van der Waals surface area contributed by atoms with Crippen LogP contribution in [0.25, 0.3) is 0 Å². The van der Waals surface area contributed by atoms with Gasteiger partial charge in [0.15, 0.2) is 23.0 Å². The Morgan fingerprint density at radius 1 is 0.897 bits per heavy atom. The van der Waals surface area contributed by atoms with Crippen LogP contribution < -0.4 is 23.7 Å². The Hall–Kier alpha value is -3.09. The van der Waals surface area contributed by atoms with Crippen molar-refractivity contribution in [2.45, 2.75) is 12.3 Å². The summed E-state index contributed by atoms with van der Waals surface area (Å²) >= 11 is 0. The Labute approximate surface area is 168 Å². The Balaban J connectivity index is 1.71. The van der Waals surface area contributed by atoms with Gasteiger partial charge in [-0.25, -0.2) is 0 Å². The first-order valence-corrected chi connectivity index (χ1v) is 9.53. The third-order valence-electron chi connectivity index (χ3n) is 6.08. The molecule has 0 bridgehead atoms. The van der Waals surface area contributed by atoms with Crippen LogP contribution in [0.3, 0.4) is 0 Å². The van der Waals surface area contributed by atoms with E-state index in [1.807, 2.05) is 24.3 Å². The second-order valence-corrected chi connectivity index (χ2v) is 7.46. The van der Waals surface area contributed by atoms with Crippen molar-refractivity contribution in [3.05, 3.63) is 41.0 Å². The van der Waals surface area contributed by atoms with E-state index in [1.54, 1.807) is 21.3 Å². The molecule has 3 aliphatic rings. The summed E-state index contributed by atoms with van der Waals surface area (Å²) in [4.78, 5) is 12.7. The highest BCUT2D eigenvalue weighted by atomic mass is 16.7. The van der Waals surface area contributed by atoms with Crippen molar-refractivity contribution < 1.29 is 33.2 Å². The lowest BCUT2D eigenvalue weighted by Gasteiger charge is -2.34. The number of esters is 1. The van der Waals surface area contributed by atoms with Gasteiger partial charge in [-0.3, -0.25) is 4.79 Å². The van der Waals surface area contributed by atoms with Crippen LogP contribution in [0.1, 0.15) is 22.6 Å². The summed E-state index contributed by atoms with van der Waals surface area (Å²) in [5.74, 6) is 2.57. The molecule has 2 aromatic carbocycles. The van der Waals surface area contributed by atoms with Gasteiger partial charge in [0.2, 0.25) is 12.5 Å². The maximum Gasteiger partial charge on any atom is 0.310 e. The van der Waals surface area contributed by atoms with Gasteiger partial charge >= 0.3 is 5.97 Å². The predicted molar refractivity (Wildman–Crippen MR) is 102 cm³/mol. The number of ether oxygens (including phenoxy) is 6. The maximum atomic E-state index is 12.7. The molecule has 1 aliphatic carbocycles. The molecule has 2 aromatic rings. The molecule has 1 unspecified atom stereocenters. The molecule has 3 atom stereocenters. The molecular formula is C22H22O7. The fourth-order valence-corrected chi connectivity index (χ4v) is 4.77. The molecule has 29 heavy (non-hydrogen) atoms. The van der Waals surface area contributed by atoms with Crippen LogP contribution in [0.15, 0.2) is 24.3 Å². The minimum absolute atomic E-state index is 0.106. The predicted octanol–water partition coefficient (Wildman–Crippen LogP) is 2.92. The monoisotopic (exact) mass is 398 g/mol. The smallest absolute Gasteiger partial charge is 0.310 e. The lowest BCUT2D eigenvalue weighted by atomic mass is 9.67. The second kappa shape index (κ2) is 6.76. The van der Waals surface area contributed by atoms with Crippen LogP contribution in [-0.4, -0.2) is 40.7 Å². The van der Waals surface area contributed by atoms with Gasteiger partial charge in [-0.2, -0.15) is 0 Å². The van der Waals surface area contributed by atoms with Gasteiger partial charge in [0.25, 0.3) is 0 Å². The Morgan fingerprint density at radius 2 is 1.66 bits per heavy atom. The number of cyclic esters (lactones) is 1. The molecule has 1 fully saturated rings. The van der Waals surface area contributed by atoms with Crippen LogP contribution in [0.5, 0.6) is 28.7 Å². The summed E-state index contributed by atoms with van der Waals surface area (Å²) in [7, 11) is 4.83. The Bertz CT molecular complexity index is 984. The van der Waals surface area contributed by atoms with Gasteiger partial charge in [-0.05, 0) is 47.4 Å². The van der Waals surface area contributed by atoms with E-state index in [2.05, 4.69) is 0 Å². The fraction of sp³-hybridized carbons (Fsp3) is 0.409. The number of methoxy groups -OCH3 is 3. The quantitative estimate of drug-likeness (QED) is 0.733. The molecule has 7 nitrogen and oxygen atoms in total. The van der Waals surface area contributed by atoms with Crippen LogP contribution in [0.2, 0.25) is 0 Å². The van der Waals surface area contributed by atoms with Crippen molar-refractivity contribution in [2.75, 3.05) is 34.7 Å². The number of fused-ring (bicyclic) bond motifs is 3. The van der Waals surface area contributed by atoms with Crippen LogP contribution in [0.4, 0.5) is 0 Å². The molecule has 2 heterocycles. The summed E-state index contributed by atoms with van der Waals surface area (Å²) in [6.45, 7) is 0.574. The number of benzene rings is 2. The minimum atomic E-state index is -0.273. The van der Waals surface area contributed by atoms with Gasteiger partial charge in [0.05, 0.1) is 33.9 Å². The number of rotatable bonds is 4. The minimum Gasteiger partial charge on any atom is -0.493 e. The van der Waals surface area contributed by atoms with Crippen LogP contribution >= 0.6 is 0 Å². The van der Waals surface area contributed by atoms with Crippen LogP contribution in [0, 0.1) is 11.8 Å². The van der Waals surface area contributed by atoms with E-state index in [1.165, 1.54) is 0 Å². The first kappa shape index (κ1) is 18.0. The molecule has 152 valence electrons. The van der Waals surface area contributed by atoms with Crippen molar-refractivity contribution in [3.63, 3.8) is 0 Å². The summed E-state index contributed by atoms with van der Waals surface area (Å²) in [5, 5.41) is 0. The number of hydrogen-bond donors (Lipinski definition) is 0. The van der Waals surface area contributed by atoms with Crippen molar-refractivity contribution in [1.29, 1.82) is 0 Å². The van der Waals surface area contributed by atoms with Gasteiger partial charge < -0.3 is 28.4 Å². The molecule has 0 N–H and O–H groups in total. The summed E-state index contributed by atoms with van der Waals surface area (Å²) in [6, 6.07) is 7.83. The molecule has 0 spiro atoms. The summed E-state index contributed by atoms with van der Waals surface area (Å²) < 4.78 is 33.2. The summed E-state index contributed by atoms with van der Waals surface area (Å²) in [5.41, 5.74) is 3.08. The van der Waals surface area contributed by atoms with E-state index >= 15 is 0 Å². The molecular weight excluding hydrogens is 376 g/mol. The van der Waals surface area contributed by atoms with E-state index in [-0.39, 0.29) is 30.5 Å². The third kappa shape index (κ3) is 2.68. The first-order chi connectivity index (χ1) is 14.1. The normalized spacial score (nSPS) is 23.8. The fourth-order valence-electron chi connectivity index (χ4n) is 4.77. The third-order valence-corrected chi connectivity index (χ3v) is 6.08. The Kier molecular flexibility index (Phi) is 4.19. The van der Waals surface area contributed by atoms with Gasteiger partial charge in [-0.15, -0.1) is 0 Å². The largest absolute Gasteiger partial charge is 0.493 e. The van der Waals surface area contributed by atoms with Crippen LogP contribution in [-0.2, 0) is 16.0 Å². The maximum absolute atomic E-state index is 12.7. The molecule has 7 heteroatoms. The lowest BCUT2D eigenvalue weighted by Crippen LogP contribution is -2.31. The van der Waals surface area contributed by atoms with E-state index < -0.39 is 0 Å². The zero-order chi connectivity index (χ0) is 20.1. The topological polar surface area (TPSA) is 72.5 Å². The number of hydrogen-bond acceptors (Lipinski definition) is 7. The van der Waals surface area contributed by atoms with E-state index in [9.17, 15) is 4.79 Å². The highest BCUT2D eigenvalue weighted by Crippen LogP contribution is 2.52. The molecule has 0 amide bonds. The van der Waals surface area contributed by atoms with E-state index in [4.69, 9.17) is 28.4 Å². The Morgan fingerprint density at radius 3 is 2.41 bits per heavy atom. The average molecular weight is 398 g/mol. The lowest BCUT2D eigenvalue weighted by molar-refractivity contribution is -0.141. The second-order valence-electron chi connectivity index (χ2n) is 7.46. The number of carbonyl (C=O) groups is 1. The molecule has 1 saturated heterocycles. The van der Waals surface area contributed by atoms with E-state index in [0.29, 0.717) is 35.4 Å². The highest BCUT2D eigenvalue weighted by molar-refractivity contribution is 5.78. The molecule has 0 aromatic heterocycles. The molecule has 0 radical (unpaired) electrons. The highest BCUT2D eigenvalue weighted by Gasteiger charge is 2.48. The van der Waals surface area contributed by atoms with Crippen molar-refractivity contribution in [2.24, 2.45) is 11.8 Å². The van der Waals surface area contributed by atoms with Crippen molar-refractivity contribution in [3.8, 4) is 28.7 Å².